The molecule has 0 saturated heterocycles. The van der Waals surface area contributed by atoms with Crippen LogP contribution in [-0.2, 0) is 0 Å². The monoisotopic (exact) mass is 258 g/mol. The van der Waals surface area contributed by atoms with E-state index in [4.69, 9.17) is 16.8 Å². The van der Waals surface area contributed by atoms with Crippen molar-refractivity contribution in [2.24, 2.45) is 4.99 Å². The topological polar surface area (TPSA) is 69.9 Å². The van der Waals surface area contributed by atoms with Crippen LogP contribution < -0.4 is 10.7 Å². The van der Waals surface area contributed by atoms with E-state index in [0.29, 0.717) is 11.9 Å². The molecule has 0 atom stereocenters. The Hall–Kier alpha value is -1.53. The SMILES string of the molecule is CN(C)CCNC(=O)/N=c1/ccn(O)c(Cl)c1. The lowest BCUT2D eigenvalue weighted by Gasteiger charge is -2.08. The van der Waals surface area contributed by atoms with Crippen molar-refractivity contribution in [3.8, 4) is 0 Å². The predicted molar refractivity (Wildman–Crippen MR) is 64.1 cm³/mol. The van der Waals surface area contributed by atoms with E-state index in [9.17, 15) is 4.79 Å². The fraction of sp³-hybridized carbons (Fsp3) is 0.400. The second-order valence-corrected chi connectivity index (χ2v) is 4.09. The average Bonchev–Trinajstić information content (AvgIpc) is 2.23. The van der Waals surface area contributed by atoms with Gasteiger partial charge >= 0.3 is 6.03 Å². The molecule has 1 aromatic heterocycles. The number of pyridine rings is 1. The lowest BCUT2D eigenvalue weighted by Crippen LogP contribution is -2.30. The first-order valence-electron chi connectivity index (χ1n) is 5.04. The van der Waals surface area contributed by atoms with Crippen molar-refractivity contribution in [3.63, 3.8) is 0 Å². The molecule has 1 rings (SSSR count). The molecule has 1 heterocycles. The minimum Gasteiger partial charge on any atom is -0.428 e. The fourth-order valence-corrected chi connectivity index (χ4v) is 1.24. The number of halogens is 1. The van der Waals surface area contributed by atoms with Crippen molar-refractivity contribution in [2.45, 2.75) is 0 Å². The molecule has 0 aromatic carbocycles. The van der Waals surface area contributed by atoms with Crippen LogP contribution in [0.2, 0.25) is 5.15 Å². The van der Waals surface area contributed by atoms with Crippen LogP contribution in [-0.4, -0.2) is 48.1 Å². The smallest absolute Gasteiger partial charge is 0.341 e. The lowest BCUT2D eigenvalue weighted by molar-refractivity contribution is 0.185. The van der Waals surface area contributed by atoms with E-state index < -0.39 is 6.03 Å². The van der Waals surface area contributed by atoms with Gasteiger partial charge in [0.15, 0.2) is 0 Å². The summed E-state index contributed by atoms with van der Waals surface area (Å²) in [7, 11) is 3.83. The van der Waals surface area contributed by atoms with Crippen LogP contribution in [0.5, 0.6) is 0 Å². The van der Waals surface area contributed by atoms with E-state index in [-0.39, 0.29) is 5.15 Å². The van der Waals surface area contributed by atoms with Crippen molar-refractivity contribution in [1.29, 1.82) is 0 Å². The van der Waals surface area contributed by atoms with Crippen LogP contribution in [0.1, 0.15) is 0 Å². The molecule has 0 aliphatic carbocycles. The maximum Gasteiger partial charge on any atom is 0.341 e. The highest BCUT2D eigenvalue weighted by Gasteiger charge is 1.98. The summed E-state index contributed by atoms with van der Waals surface area (Å²) in [5.41, 5.74) is 0. The number of carbonyl (C=O) groups is 1. The molecule has 0 aliphatic rings. The number of amides is 2. The lowest BCUT2D eigenvalue weighted by atomic mass is 10.5. The van der Waals surface area contributed by atoms with Gasteiger partial charge in [0.05, 0.1) is 5.36 Å². The van der Waals surface area contributed by atoms with Gasteiger partial charge in [0.2, 0.25) is 0 Å². The molecule has 0 bridgehead atoms. The van der Waals surface area contributed by atoms with E-state index >= 15 is 0 Å². The highest BCUT2D eigenvalue weighted by Crippen LogP contribution is 2.00. The first-order valence-corrected chi connectivity index (χ1v) is 5.41. The molecule has 17 heavy (non-hydrogen) atoms. The minimum absolute atomic E-state index is 0.0901. The van der Waals surface area contributed by atoms with Gasteiger partial charge in [0, 0.05) is 25.4 Å². The Labute approximate surface area is 104 Å². The van der Waals surface area contributed by atoms with Crippen LogP contribution in [0.4, 0.5) is 4.79 Å². The minimum atomic E-state index is -0.432. The molecular weight excluding hydrogens is 244 g/mol. The van der Waals surface area contributed by atoms with E-state index in [1.54, 1.807) is 0 Å². The number of hydrogen-bond acceptors (Lipinski definition) is 3. The van der Waals surface area contributed by atoms with Crippen molar-refractivity contribution < 1.29 is 10.0 Å². The molecule has 2 amide bonds. The number of aromatic nitrogens is 1. The predicted octanol–water partition coefficient (Wildman–Crippen LogP) is 0.551. The van der Waals surface area contributed by atoms with Crippen LogP contribution in [0, 0.1) is 0 Å². The normalized spacial score (nSPS) is 11.9. The van der Waals surface area contributed by atoms with Crippen molar-refractivity contribution in [2.75, 3.05) is 27.2 Å². The van der Waals surface area contributed by atoms with Gasteiger partial charge in [-0.3, -0.25) is 0 Å². The number of nitrogens with zero attached hydrogens (tertiary/aromatic N) is 3. The molecular formula is C10H15ClN4O2. The van der Waals surface area contributed by atoms with Crippen LogP contribution >= 0.6 is 11.6 Å². The van der Waals surface area contributed by atoms with Gasteiger partial charge in [-0.05, 0) is 20.2 Å². The maximum absolute atomic E-state index is 11.4. The van der Waals surface area contributed by atoms with Crippen LogP contribution in [0.25, 0.3) is 0 Å². The van der Waals surface area contributed by atoms with Crippen molar-refractivity contribution in [1.82, 2.24) is 14.9 Å². The summed E-state index contributed by atoms with van der Waals surface area (Å²) < 4.78 is 0.741. The number of likely N-dealkylation sites (N-methyl/N-ethyl adjacent to an activating group) is 1. The zero-order valence-electron chi connectivity index (χ0n) is 9.72. The largest absolute Gasteiger partial charge is 0.428 e. The van der Waals surface area contributed by atoms with Gasteiger partial charge in [-0.2, -0.15) is 9.72 Å². The van der Waals surface area contributed by atoms with Gasteiger partial charge < -0.3 is 15.4 Å². The Morgan fingerprint density at radius 1 is 1.65 bits per heavy atom. The van der Waals surface area contributed by atoms with Crippen molar-refractivity contribution >= 4 is 17.6 Å². The highest BCUT2D eigenvalue weighted by atomic mass is 35.5. The molecule has 2 N–H and O–H groups in total. The Kier molecular flexibility index (Phi) is 4.99. The molecule has 7 heteroatoms. The molecule has 94 valence electrons. The molecule has 0 spiro atoms. The molecule has 0 saturated carbocycles. The zero-order chi connectivity index (χ0) is 12.8. The van der Waals surface area contributed by atoms with Gasteiger partial charge in [-0.15, -0.1) is 0 Å². The third kappa shape index (κ3) is 4.88. The van der Waals surface area contributed by atoms with Crippen LogP contribution in [0.3, 0.4) is 0 Å². The summed E-state index contributed by atoms with van der Waals surface area (Å²) >= 11 is 5.66. The van der Waals surface area contributed by atoms with E-state index in [0.717, 1.165) is 11.3 Å². The summed E-state index contributed by atoms with van der Waals surface area (Å²) in [5.74, 6) is 0. The maximum atomic E-state index is 11.4. The quantitative estimate of drug-likeness (QED) is 0.615. The molecule has 0 aliphatic heterocycles. The van der Waals surface area contributed by atoms with Gasteiger partial charge in [-0.1, -0.05) is 11.6 Å². The molecule has 1 aromatic rings. The van der Waals surface area contributed by atoms with E-state index in [2.05, 4.69) is 10.3 Å². The summed E-state index contributed by atoms with van der Waals surface area (Å²) in [5, 5.41) is 12.2. The molecule has 6 nitrogen and oxygen atoms in total. The summed E-state index contributed by atoms with van der Waals surface area (Å²) in [4.78, 5) is 17.1. The van der Waals surface area contributed by atoms with E-state index in [1.807, 2.05) is 19.0 Å². The van der Waals surface area contributed by atoms with Crippen LogP contribution in [0.15, 0.2) is 23.3 Å². The molecule has 0 radical (unpaired) electrons. The standard InChI is InChI=1S/C10H15ClN4O2/c1-14(2)6-4-12-10(16)13-8-3-5-15(17)9(11)7-8/h3,5,7,17H,4,6H2,1-2H3,(H,12,16)/b13-8-. The summed E-state index contributed by atoms with van der Waals surface area (Å²) in [6.45, 7) is 1.27. The Morgan fingerprint density at radius 2 is 2.35 bits per heavy atom. The average molecular weight is 259 g/mol. The second kappa shape index (κ2) is 6.27. The number of carbonyl (C=O) groups excluding carboxylic acids is 1. The third-order valence-corrected chi connectivity index (χ3v) is 2.22. The highest BCUT2D eigenvalue weighted by molar-refractivity contribution is 6.29. The number of hydrogen-bond donors (Lipinski definition) is 2. The van der Waals surface area contributed by atoms with Gasteiger partial charge in [0.25, 0.3) is 0 Å². The fourth-order valence-electron chi connectivity index (χ4n) is 1.07. The zero-order valence-corrected chi connectivity index (χ0v) is 10.5. The summed E-state index contributed by atoms with van der Waals surface area (Å²) in [6.07, 6.45) is 1.31. The molecule has 0 unspecified atom stereocenters. The second-order valence-electron chi connectivity index (χ2n) is 3.70. The third-order valence-electron chi connectivity index (χ3n) is 1.94. The van der Waals surface area contributed by atoms with Gasteiger partial charge in [-0.25, -0.2) is 4.79 Å². The number of nitrogens with one attached hydrogen (secondary N) is 1. The van der Waals surface area contributed by atoms with Gasteiger partial charge in [0.1, 0.15) is 5.15 Å². The number of urea groups is 1. The Bertz CT molecular complexity index is 456. The molecule has 0 fully saturated rings. The first kappa shape index (κ1) is 13.5. The Balaban J connectivity index is 2.62. The number of rotatable bonds is 3. The van der Waals surface area contributed by atoms with E-state index in [1.165, 1.54) is 18.3 Å². The summed E-state index contributed by atoms with van der Waals surface area (Å²) in [6, 6.07) is 2.45. The Morgan fingerprint density at radius 3 is 2.94 bits per heavy atom. The van der Waals surface area contributed by atoms with Crippen molar-refractivity contribution in [3.05, 3.63) is 28.8 Å². The first-order chi connectivity index (χ1) is 7.99.